The number of hydrogen-bond donors (Lipinski definition) is 2. The molecule has 2 heteroatoms. The number of allylic oxidation sites excluding steroid dienone is 3. The van der Waals surface area contributed by atoms with Gasteiger partial charge in [-0.3, -0.25) is 0 Å². The molecule has 1 N–H and O–H groups in total. The monoisotopic (exact) mass is 301 g/mol. The van der Waals surface area contributed by atoms with Crippen molar-refractivity contribution in [1.29, 1.82) is 0 Å². The molecule has 0 saturated carbocycles. The normalized spacial score (nSPS) is 19.0. The predicted octanol–water partition coefficient (Wildman–Crippen LogP) is 5.48. The van der Waals surface area contributed by atoms with E-state index in [1.165, 1.54) is 28.0 Å². The Labute approximate surface area is 134 Å². The Hall–Kier alpha value is -1.15. The van der Waals surface area contributed by atoms with Gasteiger partial charge >= 0.3 is 0 Å². The third-order valence-electron chi connectivity index (χ3n) is 4.22. The number of aryl methyl sites for hydroxylation is 1. The zero-order valence-corrected chi connectivity index (χ0v) is 14.7. The Bertz CT molecular complexity index is 576. The molecular formula is C19H27NS. The van der Waals surface area contributed by atoms with Crippen LogP contribution in [0.3, 0.4) is 0 Å². The molecule has 1 atom stereocenters. The Morgan fingerprint density at radius 3 is 2.52 bits per heavy atom. The van der Waals surface area contributed by atoms with Crippen LogP contribution in [0.15, 0.2) is 41.5 Å². The lowest BCUT2D eigenvalue weighted by atomic mass is 9.91. The summed E-state index contributed by atoms with van der Waals surface area (Å²) in [4.78, 5) is 0. The third-order valence-corrected chi connectivity index (χ3v) is 4.46. The second-order valence-corrected chi connectivity index (χ2v) is 7.84. The second-order valence-electron chi connectivity index (χ2n) is 6.72. The van der Waals surface area contributed by atoms with E-state index in [0.717, 1.165) is 13.0 Å². The molecule has 1 aromatic rings. The van der Waals surface area contributed by atoms with Crippen LogP contribution >= 0.6 is 12.6 Å². The van der Waals surface area contributed by atoms with E-state index in [9.17, 15) is 0 Å². The van der Waals surface area contributed by atoms with E-state index in [0.29, 0.717) is 5.92 Å². The van der Waals surface area contributed by atoms with E-state index >= 15 is 0 Å². The summed E-state index contributed by atoms with van der Waals surface area (Å²) in [6.45, 7) is 11.8. The number of rotatable bonds is 4. The van der Waals surface area contributed by atoms with Crippen molar-refractivity contribution in [2.75, 3.05) is 11.9 Å². The summed E-state index contributed by atoms with van der Waals surface area (Å²) in [5.41, 5.74) is 6.59. The minimum absolute atomic E-state index is 0.136. The van der Waals surface area contributed by atoms with Crippen molar-refractivity contribution in [3.63, 3.8) is 0 Å². The number of anilines is 1. The van der Waals surface area contributed by atoms with Crippen molar-refractivity contribution in [2.24, 2.45) is 5.92 Å². The Balaban J connectivity index is 2.11. The zero-order chi connectivity index (χ0) is 15.6. The zero-order valence-electron chi connectivity index (χ0n) is 13.8. The van der Waals surface area contributed by atoms with Crippen LogP contribution in [0, 0.1) is 12.8 Å². The molecule has 0 fully saturated rings. The first-order valence-corrected chi connectivity index (χ1v) is 8.15. The van der Waals surface area contributed by atoms with E-state index in [2.05, 4.69) is 70.3 Å². The molecule has 1 aromatic carbocycles. The van der Waals surface area contributed by atoms with E-state index in [1.807, 2.05) is 0 Å². The van der Waals surface area contributed by atoms with Crippen LogP contribution in [0.4, 0.5) is 5.69 Å². The molecule has 0 bridgehead atoms. The molecule has 1 aliphatic carbocycles. The summed E-state index contributed by atoms with van der Waals surface area (Å²) in [6.07, 6.45) is 5.87. The minimum Gasteiger partial charge on any atom is -0.384 e. The summed E-state index contributed by atoms with van der Waals surface area (Å²) < 4.78 is -0.136. The largest absolute Gasteiger partial charge is 0.384 e. The van der Waals surface area contributed by atoms with E-state index in [1.54, 1.807) is 0 Å². The number of thiol groups is 1. The average molecular weight is 301 g/mol. The van der Waals surface area contributed by atoms with Gasteiger partial charge in [-0.05, 0) is 58.6 Å². The van der Waals surface area contributed by atoms with Crippen molar-refractivity contribution in [2.45, 2.75) is 45.8 Å². The lowest BCUT2D eigenvalue weighted by molar-refractivity contribution is 0.678. The Kier molecular flexibility index (Phi) is 4.88. The molecule has 0 spiro atoms. The topological polar surface area (TPSA) is 12.0 Å². The SMILES string of the molecule is CC1=CCC(CNc2ccc(C)cc2C(C)(C)S)C=C1C. The summed E-state index contributed by atoms with van der Waals surface area (Å²) in [7, 11) is 0. The predicted molar refractivity (Wildman–Crippen MR) is 97.3 cm³/mol. The molecule has 1 unspecified atom stereocenters. The fourth-order valence-corrected chi connectivity index (χ4v) is 2.93. The van der Waals surface area contributed by atoms with Gasteiger partial charge in [0.05, 0.1) is 0 Å². The van der Waals surface area contributed by atoms with Crippen molar-refractivity contribution in [1.82, 2.24) is 0 Å². The standard InChI is InChI=1S/C19H27NS/c1-13-6-9-18(17(10-13)19(4,5)21)20-12-16-8-7-14(2)15(3)11-16/h6-7,9-11,16,20-21H,8,12H2,1-5H3. The molecule has 0 aliphatic heterocycles. The van der Waals surface area contributed by atoms with Crippen molar-refractivity contribution in [3.05, 3.63) is 52.6 Å². The van der Waals surface area contributed by atoms with Gasteiger partial charge in [-0.15, -0.1) is 0 Å². The number of hydrogen-bond acceptors (Lipinski definition) is 2. The van der Waals surface area contributed by atoms with E-state index in [-0.39, 0.29) is 4.75 Å². The van der Waals surface area contributed by atoms with Crippen LogP contribution < -0.4 is 5.32 Å². The molecular weight excluding hydrogens is 274 g/mol. The van der Waals surface area contributed by atoms with Crippen LogP contribution in [0.25, 0.3) is 0 Å². The van der Waals surface area contributed by atoms with Gasteiger partial charge < -0.3 is 5.32 Å². The first-order valence-electron chi connectivity index (χ1n) is 7.70. The first kappa shape index (κ1) is 16.2. The van der Waals surface area contributed by atoms with Crippen LogP contribution in [0.2, 0.25) is 0 Å². The highest BCUT2D eigenvalue weighted by molar-refractivity contribution is 7.81. The van der Waals surface area contributed by atoms with Gasteiger partial charge in [-0.25, -0.2) is 0 Å². The van der Waals surface area contributed by atoms with Crippen LogP contribution in [0.1, 0.15) is 45.2 Å². The highest BCUT2D eigenvalue weighted by Crippen LogP contribution is 2.34. The lowest BCUT2D eigenvalue weighted by Gasteiger charge is -2.25. The van der Waals surface area contributed by atoms with Crippen LogP contribution in [-0.2, 0) is 4.75 Å². The summed E-state index contributed by atoms with van der Waals surface area (Å²) in [6, 6.07) is 6.59. The molecule has 21 heavy (non-hydrogen) atoms. The highest BCUT2D eigenvalue weighted by atomic mass is 32.1. The van der Waals surface area contributed by atoms with Gasteiger partial charge in [-0.2, -0.15) is 12.6 Å². The summed E-state index contributed by atoms with van der Waals surface area (Å²) in [5, 5.41) is 3.63. The summed E-state index contributed by atoms with van der Waals surface area (Å²) >= 11 is 4.75. The quantitative estimate of drug-likeness (QED) is 0.701. The molecule has 0 radical (unpaired) electrons. The molecule has 0 amide bonds. The first-order chi connectivity index (χ1) is 9.77. The second kappa shape index (κ2) is 6.31. The molecule has 114 valence electrons. The lowest BCUT2D eigenvalue weighted by Crippen LogP contribution is -2.18. The van der Waals surface area contributed by atoms with Gasteiger partial charge in [-0.1, -0.05) is 41.0 Å². The van der Waals surface area contributed by atoms with E-state index in [4.69, 9.17) is 12.6 Å². The minimum atomic E-state index is -0.136. The maximum absolute atomic E-state index is 4.75. The van der Waals surface area contributed by atoms with Gasteiger partial charge in [0.1, 0.15) is 0 Å². The Morgan fingerprint density at radius 2 is 1.90 bits per heavy atom. The van der Waals surface area contributed by atoms with Gasteiger partial charge in [0.2, 0.25) is 0 Å². The molecule has 2 rings (SSSR count). The van der Waals surface area contributed by atoms with Crippen molar-refractivity contribution in [3.8, 4) is 0 Å². The smallest absolute Gasteiger partial charge is 0.0387 e. The van der Waals surface area contributed by atoms with Crippen LogP contribution in [-0.4, -0.2) is 6.54 Å². The summed E-state index contributed by atoms with van der Waals surface area (Å²) in [5.74, 6) is 0.575. The van der Waals surface area contributed by atoms with Crippen molar-refractivity contribution >= 4 is 18.3 Å². The van der Waals surface area contributed by atoms with Gasteiger partial charge in [0.15, 0.2) is 0 Å². The number of nitrogens with one attached hydrogen (secondary N) is 1. The molecule has 0 saturated heterocycles. The maximum atomic E-state index is 4.75. The Morgan fingerprint density at radius 1 is 1.19 bits per heavy atom. The number of benzene rings is 1. The van der Waals surface area contributed by atoms with Crippen LogP contribution in [0.5, 0.6) is 0 Å². The van der Waals surface area contributed by atoms with Crippen molar-refractivity contribution < 1.29 is 0 Å². The fourth-order valence-electron chi connectivity index (χ4n) is 2.74. The molecule has 1 nitrogen and oxygen atoms in total. The highest BCUT2D eigenvalue weighted by Gasteiger charge is 2.19. The molecule has 0 aromatic heterocycles. The van der Waals surface area contributed by atoms with Gasteiger partial charge in [0.25, 0.3) is 0 Å². The van der Waals surface area contributed by atoms with E-state index < -0.39 is 0 Å². The maximum Gasteiger partial charge on any atom is 0.0387 e. The van der Waals surface area contributed by atoms with Gasteiger partial charge in [0, 0.05) is 17.0 Å². The third kappa shape index (κ3) is 4.16. The molecule has 0 heterocycles. The molecule has 1 aliphatic rings. The fraction of sp³-hybridized carbons (Fsp3) is 0.474. The average Bonchev–Trinajstić information content (AvgIpc) is 2.40.